The van der Waals surface area contributed by atoms with E-state index >= 15 is 0 Å². The van der Waals surface area contributed by atoms with E-state index < -0.39 is 0 Å². The number of aryl methyl sites for hydroxylation is 1. The molecular weight excluding hydrogens is 355 g/mol. The average molecular weight is 378 g/mol. The largest absolute Gasteiger partial charge is 0.342 e. The Bertz CT molecular complexity index is 923. The number of aromatic nitrogens is 3. The second-order valence-corrected chi connectivity index (χ2v) is 7.20. The van der Waals surface area contributed by atoms with Crippen molar-refractivity contribution in [3.8, 4) is 11.1 Å². The van der Waals surface area contributed by atoms with Crippen LogP contribution in [0.4, 0.5) is 4.39 Å². The number of nitrogens with one attached hydrogen (secondary N) is 1. The van der Waals surface area contributed by atoms with Crippen LogP contribution in [-0.2, 0) is 11.2 Å². The Morgan fingerprint density at radius 2 is 2.07 bits per heavy atom. The number of carbonyl (C=O) groups is 1. The second-order valence-electron chi connectivity index (χ2n) is 7.20. The number of halogens is 1. The van der Waals surface area contributed by atoms with Crippen LogP contribution in [0.1, 0.15) is 36.6 Å². The molecule has 144 valence electrons. The van der Waals surface area contributed by atoms with Gasteiger partial charge in [-0.3, -0.25) is 14.9 Å². The maximum absolute atomic E-state index is 13.2. The molecule has 1 atom stereocenters. The van der Waals surface area contributed by atoms with Gasteiger partial charge in [0.15, 0.2) is 0 Å². The molecule has 1 aliphatic rings. The fraction of sp³-hybridized carbons (Fsp3) is 0.318. The highest BCUT2D eigenvalue weighted by Gasteiger charge is 2.27. The first kappa shape index (κ1) is 18.3. The van der Waals surface area contributed by atoms with Crippen LogP contribution < -0.4 is 0 Å². The third-order valence-electron chi connectivity index (χ3n) is 5.33. The Hall–Kier alpha value is -3.02. The van der Waals surface area contributed by atoms with Gasteiger partial charge in [0.05, 0.1) is 6.20 Å². The van der Waals surface area contributed by atoms with E-state index in [9.17, 15) is 9.18 Å². The molecule has 0 aliphatic carbocycles. The smallest absolute Gasteiger partial charge is 0.222 e. The molecule has 5 nitrogen and oxygen atoms in total. The summed E-state index contributed by atoms with van der Waals surface area (Å²) in [5.74, 6) is 0.115. The Morgan fingerprint density at radius 3 is 2.86 bits per heavy atom. The van der Waals surface area contributed by atoms with Gasteiger partial charge in [-0.1, -0.05) is 18.2 Å². The molecule has 0 unspecified atom stereocenters. The van der Waals surface area contributed by atoms with Crippen molar-refractivity contribution in [2.24, 2.45) is 0 Å². The lowest BCUT2D eigenvalue weighted by Gasteiger charge is -2.33. The number of hydrogen-bond donors (Lipinski definition) is 1. The summed E-state index contributed by atoms with van der Waals surface area (Å²) in [5.41, 5.74) is 3.88. The van der Waals surface area contributed by atoms with E-state index in [1.165, 1.54) is 12.1 Å². The van der Waals surface area contributed by atoms with Crippen molar-refractivity contribution in [2.45, 2.75) is 31.6 Å². The maximum Gasteiger partial charge on any atom is 0.222 e. The van der Waals surface area contributed by atoms with E-state index in [4.69, 9.17) is 0 Å². The fourth-order valence-corrected chi connectivity index (χ4v) is 3.85. The molecule has 0 bridgehead atoms. The number of likely N-dealkylation sites (tertiary alicyclic amines) is 1. The van der Waals surface area contributed by atoms with Gasteiger partial charge >= 0.3 is 0 Å². The third kappa shape index (κ3) is 4.11. The van der Waals surface area contributed by atoms with Crippen LogP contribution in [-0.4, -0.2) is 39.1 Å². The molecule has 1 fully saturated rings. The zero-order valence-corrected chi connectivity index (χ0v) is 15.6. The second kappa shape index (κ2) is 8.33. The molecule has 3 heterocycles. The van der Waals surface area contributed by atoms with Gasteiger partial charge in [-0.25, -0.2) is 4.39 Å². The molecule has 4 rings (SSSR count). The summed E-state index contributed by atoms with van der Waals surface area (Å²) in [4.78, 5) is 19.0. The maximum atomic E-state index is 13.2. The van der Waals surface area contributed by atoms with Crippen molar-refractivity contribution in [1.82, 2.24) is 20.1 Å². The minimum absolute atomic E-state index is 0.165. The Morgan fingerprint density at radius 1 is 1.21 bits per heavy atom. The molecular formula is C22H23FN4O. The van der Waals surface area contributed by atoms with E-state index in [0.717, 1.165) is 41.9 Å². The number of hydrogen-bond acceptors (Lipinski definition) is 3. The molecule has 6 heteroatoms. The molecule has 1 aliphatic heterocycles. The molecule has 1 N–H and O–H groups in total. The lowest BCUT2D eigenvalue weighted by Crippen LogP contribution is -2.39. The average Bonchev–Trinajstić information content (AvgIpc) is 3.23. The summed E-state index contributed by atoms with van der Waals surface area (Å²) in [6, 6.07) is 12.2. The summed E-state index contributed by atoms with van der Waals surface area (Å²) in [7, 11) is 0. The SMILES string of the molecule is O=C(CCc1ccccn1)N1CCC[C@@H](c2[nH]ncc2-c2ccc(F)cc2)C1. The number of amides is 1. The lowest BCUT2D eigenvalue weighted by molar-refractivity contribution is -0.132. The van der Waals surface area contributed by atoms with Crippen molar-refractivity contribution >= 4 is 5.91 Å². The summed E-state index contributed by atoms with van der Waals surface area (Å²) in [6.45, 7) is 1.47. The van der Waals surface area contributed by atoms with E-state index in [2.05, 4.69) is 15.2 Å². The van der Waals surface area contributed by atoms with Crippen molar-refractivity contribution in [3.05, 3.63) is 72.1 Å². The first-order valence-corrected chi connectivity index (χ1v) is 9.67. The number of H-pyrrole nitrogens is 1. The molecule has 0 radical (unpaired) electrons. The van der Waals surface area contributed by atoms with Crippen LogP contribution in [0.3, 0.4) is 0 Å². The minimum Gasteiger partial charge on any atom is -0.342 e. The topological polar surface area (TPSA) is 61.9 Å². The van der Waals surface area contributed by atoms with Crippen LogP contribution in [0.15, 0.2) is 54.9 Å². The van der Waals surface area contributed by atoms with Gasteiger partial charge in [-0.05, 0) is 49.1 Å². The highest BCUT2D eigenvalue weighted by molar-refractivity contribution is 5.76. The minimum atomic E-state index is -0.254. The number of nitrogens with zero attached hydrogens (tertiary/aromatic N) is 3. The van der Waals surface area contributed by atoms with E-state index in [0.29, 0.717) is 19.4 Å². The Kier molecular flexibility index (Phi) is 5.46. The van der Waals surface area contributed by atoms with Crippen LogP contribution in [0, 0.1) is 5.82 Å². The zero-order chi connectivity index (χ0) is 19.3. The number of rotatable bonds is 5. The number of piperidine rings is 1. The van der Waals surface area contributed by atoms with Gasteiger partial charge in [0, 0.05) is 48.6 Å². The summed E-state index contributed by atoms with van der Waals surface area (Å²) in [5, 5.41) is 7.33. The van der Waals surface area contributed by atoms with E-state index in [1.807, 2.05) is 23.1 Å². The van der Waals surface area contributed by atoms with Gasteiger partial charge in [0.1, 0.15) is 5.82 Å². The first-order chi connectivity index (χ1) is 13.7. The van der Waals surface area contributed by atoms with Gasteiger partial charge in [0.25, 0.3) is 0 Å². The number of aromatic amines is 1. The molecule has 1 aromatic carbocycles. The summed E-state index contributed by atoms with van der Waals surface area (Å²) < 4.78 is 13.2. The van der Waals surface area contributed by atoms with E-state index in [-0.39, 0.29) is 17.6 Å². The summed E-state index contributed by atoms with van der Waals surface area (Å²) >= 11 is 0. The molecule has 2 aromatic heterocycles. The van der Waals surface area contributed by atoms with Gasteiger partial charge < -0.3 is 4.90 Å². The fourth-order valence-electron chi connectivity index (χ4n) is 3.85. The van der Waals surface area contributed by atoms with Crippen molar-refractivity contribution in [3.63, 3.8) is 0 Å². The van der Waals surface area contributed by atoms with Crippen molar-refractivity contribution < 1.29 is 9.18 Å². The quantitative estimate of drug-likeness (QED) is 0.731. The van der Waals surface area contributed by atoms with Crippen molar-refractivity contribution in [2.75, 3.05) is 13.1 Å². The number of benzene rings is 1. The Labute approximate surface area is 163 Å². The predicted octanol–water partition coefficient (Wildman–Crippen LogP) is 3.95. The van der Waals surface area contributed by atoms with Crippen LogP contribution in [0.5, 0.6) is 0 Å². The first-order valence-electron chi connectivity index (χ1n) is 9.67. The molecule has 3 aromatic rings. The number of pyridine rings is 1. The van der Waals surface area contributed by atoms with Crippen molar-refractivity contribution in [1.29, 1.82) is 0 Å². The van der Waals surface area contributed by atoms with Gasteiger partial charge in [-0.2, -0.15) is 5.10 Å². The third-order valence-corrected chi connectivity index (χ3v) is 5.33. The van der Waals surface area contributed by atoms with Crippen LogP contribution >= 0.6 is 0 Å². The standard InChI is InChI=1S/C22H23FN4O/c23-18-8-6-16(7-9-18)20-14-25-26-22(20)17-4-3-13-27(15-17)21(28)11-10-19-5-1-2-12-24-19/h1-2,5-9,12,14,17H,3-4,10-11,13,15H2,(H,25,26)/t17-/m1/s1. The highest BCUT2D eigenvalue weighted by Crippen LogP contribution is 2.33. The van der Waals surface area contributed by atoms with Crippen LogP contribution in [0.25, 0.3) is 11.1 Å². The van der Waals surface area contributed by atoms with Gasteiger partial charge in [0.2, 0.25) is 5.91 Å². The molecule has 0 saturated carbocycles. The molecule has 1 saturated heterocycles. The summed E-state index contributed by atoms with van der Waals surface area (Å²) in [6.07, 6.45) is 6.63. The predicted molar refractivity (Wildman–Crippen MR) is 105 cm³/mol. The van der Waals surface area contributed by atoms with Crippen LogP contribution in [0.2, 0.25) is 0 Å². The monoisotopic (exact) mass is 378 g/mol. The molecule has 28 heavy (non-hydrogen) atoms. The normalized spacial score (nSPS) is 16.9. The highest BCUT2D eigenvalue weighted by atomic mass is 19.1. The van der Waals surface area contributed by atoms with E-state index in [1.54, 1.807) is 24.5 Å². The zero-order valence-electron chi connectivity index (χ0n) is 15.6. The lowest BCUT2D eigenvalue weighted by atomic mass is 9.90. The molecule has 0 spiro atoms. The van der Waals surface area contributed by atoms with Gasteiger partial charge in [-0.15, -0.1) is 0 Å². The number of carbonyl (C=O) groups excluding carboxylic acids is 1. The molecule has 1 amide bonds. The Balaban J connectivity index is 1.43.